The van der Waals surface area contributed by atoms with Gasteiger partial charge in [0.1, 0.15) is 0 Å². The van der Waals surface area contributed by atoms with Crippen LogP contribution in [0.1, 0.15) is 48.4 Å². The minimum absolute atomic E-state index is 0.0356. The third-order valence-corrected chi connectivity index (χ3v) is 4.63. The number of hydrogen-bond donors (Lipinski definition) is 1. The van der Waals surface area contributed by atoms with Crippen molar-refractivity contribution in [1.82, 2.24) is 5.32 Å². The fraction of sp³-hybridized carbons (Fsp3) is 0.316. The highest BCUT2D eigenvalue weighted by Crippen LogP contribution is 2.32. The van der Waals surface area contributed by atoms with Gasteiger partial charge in [0, 0.05) is 5.02 Å². The zero-order chi connectivity index (χ0) is 15.5. The lowest BCUT2D eigenvalue weighted by molar-refractivity contribution is -0.123. The van der Waals surface area contributed by atoms with Crippen LogP contribution in [0, 0.1) is 0 Å². The molecule has 3 rings (SSSR count). The van der Waals surface area contributed by atoms with Crippen molar-refractivity contribution < 1.29 is 4.79 Å². The lowest BCUT2D eigenvalue weighted by atomic mass is 9.82. The molecular weight excluding hydrogens is 294 g/mol. The SMILES string of the molecule is CC(NC(=O)C1CCCc2ccccc21)c1cccc(Cl)c1. The van der Waals surface area contributed by atoms with Gasteiger partial charge in [-0.3, -0.25) is 4.79 Å². The molecule has 2 atom stereocenters. The van der Waals surface area contributed by atoms with E-state index in [9.17, 15) is 4.79 Å². The summed E-state index contributed by atoms with van der Waals surface area (Å²) in [6.45, 7) is 2.00. The predicted octanol–water partition coefficient (Wildman–Crippen LogP) is 4.64. The summed E-state index contributed by atoms with van der Waals surface area (Å²) < 4.78 is 0. The summed E-state index contributed by atoms with van der Waals surface area (Å²) in [5, 5.41) is 3.83. The molecule has 0 radical (unpaired) electrons. The van der Waals surface area contributed by atoms with Gasteiger partial charge in [-0.1, -0.05) is 48.0 Å². The Hall–Kier alpha value is -1.80. The highest BCUT2D eigenvalue weighted by Gasteiger charge is 2.27. The number of fused-ring (bicyclic) bond motifs is 1. The number of nitrogens with one attached hydrogen (secondary N) is 1. The summed E-state index contributed by atoms with van der Waals surface area (Å²) in [6, 6.07) is 15.9. The van der Waals surface area contributed by atoms with Crippen molar-refractivity contribution in [3.63, 3.8) is 0 Å². The molecule has 1 aliphatic rings. The second-order valence-corrected chi connectivity index (χ2v) is 6.37. The Balaban J connectivity index is 1.75. The molecule has 22 heavy (non-hydrogen) atoms. The van der Waals surface area contributed by atoms with Crippen molar-refractivity contribution in [2.75, 3.05) is 0 Å². The molecule has 0 saturated carbocycles. The highest BCUT2D eigenvalue weighted by molar-refractivity contribution is 6.30. The Morgan fingerprint density at radius 1 is 1.23 bits per heavy atom. The number of benzene rings is 2. The van der Waals surface area contributed by atoms with Crippen LogP contribution in [0.3, 0.4) is 0 Å². The van der Waals surface area contributed by atoms with Crippen LogP contribution < -0.4 is 5.32 Å². The number of amides is 1. The number of aryl methyl sites for hydroxylation is 1. The molecule has 0 saturated heterocycles. The molecule has 1 amide bonds. The van der Waals surface area contributed by atoms with Gasteiger partial charge in [-0.2, -0.15) is 0 Å². The average molecular weight is 314 g/mol. The molecule has 1 aliphatic carbocycles. The fourth-order valence-electron chi connectivity index (χ4n) is 3.20. The van der Waals surface area contributed by atoms with E-state index < -0.39 is 0 Å². The predicted molar refractivity (Wildman–Crippen MR) is 90.1 cm³/mol. The van der Waals surface area contributed by atoms with E-state index >= 15 is 0 Å². The Labute approximate surface area is 136 Å². The quantitative estimate of drug-likeness (QED) is 0.879. The fourth-order valence-corrected chi connectivity index (χ4v) is 3.40. The Morgan fingerprint density at radius 2 is 2.05 bits per heavy atom. The summed E-state index contributed by atoms with van der Waals surface area (Å²) in [7, 11) is 0. The van der Waals surface area contributed by atoms with Crippen LogP contribution in [0.25, 0.3) is 0 Å². The molecule has 114 valence electrons. The lowest BCUT2D eigenvalue weighted by Gasteiger charge is -2.26. The van der Waals surface area contributed by atoms with E-state index in [-0.39, 0.29) is 17.9 Å². The molecule has 0 heterocycles. The molecule has 0 fully saturated rings. The van der Waals surface area contributed by atoms with E-state index in [4.69, 9.17) is 11.6 Å². The molecular formula is C19H20ClNO. The first-order chi connectivity index (χ1) is 10.6. The van der Waals surface area contributed by atoms with Crippen molar-refractivity contribution in [1.29, 1.82) is 0 Å². The maximum absolute atomic E-state index is 12.7. The van der Waals surface area contributed by atoms with Crippen LogP contribution in [0.15, 0.2) is 48.5 Å². The number of hydrogen-bond acceptors (Lipinski definition) is 1. The second kappa shape index (κ2) is 6.53. The summed E-state index contributed by atoms with van der Waals surface area (Å²) in [5.74, 6) is 0.0752. The van der Waals surface area contributed by atoms with Crippen molar-refractivity contribution in [2.45, 2.75) is 38.1 Å². The standard InChI is InChI=1S/C19H20ClNO/c1-13(15-8-4-9-16(20)12-15)21-19(22)18-11-5-7-14-6-2-3-10-17(14)18/h2-4,6,8-10,12-13,18H,5,7,11H2,1H3,(H,21,22). The first-order valence-corrected chi connectivity index (χ1v) is 8.16. The minimum atomic E-state index is -0.0414. The topological polar surface area (TPSA) is 29.1 Å². The van der Waals surface area contributed by atoms with E-state index in [1.807, 2.05) is 43.3 Å². The molecule has 1 N–H and O–H groups in total. The van der Waals surface area contributed by atoms with Gasteiger partial charge in [-0.05, 0) is 55.0 Å². The monoisotopic (exact) mass is 313 g/mol. The van der Waals surface area contributed by atoms with Gasteiger partial charge in [0.25, 0.3) is 0 Å². The minimum Gasteiger partial charge on any atom is -0.349 e. The molecule has 0 aliphatic heterocycles. The Kier molecular flexibility index (Phi) is 4.49. The first-order valence-electron chi connectivity index (χ1n) is 7.79. The lowest BCUT2D eigenvalue weighted by Crippen LogP contribution is -2.33. The van der Waals surface area contributed by atoms with Gasteiger partial charge < -0.3 is 5.32 Å². The molecule has 2 nitrogen and oxygen atoms in total. The molecule has 0 spiro atoms. The van der Waals surface area contributed by atoms with Crippen LogP contribution in [0.2, 0.25) is 5.02 Å². The maximum atomic E-state index is 12.7. The van der Waals surface area contributed by atoms with Gasteiger partial charge in [-0.25, -0.2) is 0 Å². The van der Waals surface area contributed by atoms with Crippen molar-refractivity contribution in [3.05, 3.63) is 70.2 Å². The van der Waals surface area contributed by atoms with Gasteiger partial charge in [0.05, 0.1) is 12.0 Å². The van der Waals surface area contributed by atoms with Crippen molar-refractivity contribution in [3.8, 4) is 0 Å². The molecule has 0 bridgehead atoms. The largest absolute Gasteiger partial charge is 0.349 e. The Morgan fingerprint density at radius 3 is 2.86 bits per heavy atom. The van der Waals surface area contributed by atoms with E-state index in [0.29, 0.717) is 5.02 Å². The normalized spacial score (nSPS) is 18.4. The molecule has 2 aromatic carbocycles. The van der Waals surface area contributed by atoms with Crippen LogP contribution in [-0.4, -0.2) is 5.91 Å². The zero-order valence-corrected chi connectivity index (χ0v) is 13.4. The van der Waals surface area contributed by atoms with Gasteiger partial charge in [-0.15, -0.1) is 0 Å². The first kappa shape index (κ1) is 15.1. The molecule has 2 unspecified atom stereocenters. The molecule has 3 heteroatoms. The molecule has 0 aromatic heterocycles. The maximum Gasteiger partial charge on any atom is 0.228 e. The summed E-state index contributed by atoms with van der Waals surface area (Å²) in [5.41, 5.74) is 3.53. The number of halogens is 1. The van der Waals surface area contributed by atoms with Gasteiger partial charge >= 0.3 is 0 Å². The van der Waals surface area contributed by atoms with E-state index in [2.05, 4.69) is 17.4 Å². The van der Waals surface area contributed by atoms with Crippen molar-refractivity contribution >= 4 is 17.5 Å². The summed E-state index contributed by atoms with van der Waals surface area (Å²) in [6.07, 6.45) is 3.07. The number of carbonyl (C=O) groups excluding carboxylic acids is 1. The van der Waals surface area contributed by atoms with Gasteiger partial charge in [0.15, 0.2) is 0 Å². The third-order valence-electron chi connectivity index (χ3n) is 4.39. The van der Waals surface area contributed by atoms with Crippen LogP contribution in [-0.2, 0) is 11.2 Å². The van der Waals surface area contributed by atoms with Crippen LogP contribution >= 0.6 is 11.6 Å². The Bertz CT molecular complexity index is 683. The van der Waals surface area contributed by atoms with Crippen LogP contribution in [0.5, 0.6) is 0 Å². The smallest absolute Gasteiger partial charge is 0.228 e. The van der Waals surface area contributed by atoms with Gasteiger partial charge in [0.2, 0.25) is 5.91 Å². The number of rotatable bonds is 3. The third kappa shape index (κ3) is 3.17. The average Bonchev–Trinajstić information content (AvgIpc) is 2.54. The van der Waals surface area contributed by atoms with E-state index in [0.717, 1.165) is 24.8 Å². The van der Waals surface area contributed by atoms with Crippen molar-refractivity contribution in [2.24, 2.45) is 0 Å². The van der Waals surface area contributed by atoms with E-state index in [1.54, 1.807) is 0 Å². The zero-order valence-electron chi connectivity index (χ0n) is 12.7. The second-order valence-electron chi connectivity index (χ2n) is 5.93. The summed E-state index contributed by atoms with van der Waals surface area (Å²) >= 11 is 6.03. The summed E-state index contributed by atoms with van der Waals surface area (Å²) in [4.78, 5) is 12.7. The number of carbonyl (C=O) groups is 1. The van der Waals surface area contributed by atoms with E-state index in [1.165, 1.54) is 11.1 Å². The van der Waals surface area contributed by atoms with Crippen LogP contribution in [0.4, 0.5) is 0 Å². The highest BCUT2D eigenvalue weighted by atomic mass is 35.5. The molecule has 2 aromatic rings.